The molecule has 1 heterocycles. The minimum absolute atomic E-state index is 0.0320. The molecule has 0 bridgehead atoms. The molecule has 3 rings (SSSR count). The highest BCUT2D eigenvalue weighted by molar-refractivity contribution is 8.14. The molecular formula is C14H17FN2S. The maximum atomic E-state index is 13.6. The lowest BCUT2D eigenvalue weighted by atomic mass is 10.1. The largest absolute Gasteiger partial charge is 0.358 e. The molecule has 1 aromatic rings. The standard InChI is InChI=1S/C14H17FN2S/c1-9(11-4-2-3-5-12(11)15)17-14-16-8-13(18-14)10-6-7-10/h2-5,9-10,13H,6-8H2,1H3,(H,16,17). The third kappa shape index (κ3) is 2.53. The van der Waals surface area contributed by atoms with E-state index >= 15 is 0 Å². The van der Waals surface area contributed by atoms with Crippen LogP contribution in [-0.4, -0.2) is 17.0 Å². The van der Waals surface area contributed by atoms with Crippen molar-refractivity contribution < 1.29 is 4.39 Å². The quantitative estimate of drug-likeness (QED) is 0.905. The monoisotopic (exact) mass is 264 g/mol. The molecule has 0 spiro atoms. The van der Waals surface area contributed by atoms with Crippen molar-refractivity contribution in [2.24, 2.45) is 10.9 Å². The lowest BCUT2D eigenvalue weighted by molar-refractivity contribution is 0.580. The lowest BCUT2D eigenvalue weighted by Gasteiger charge is -2.16. The summed E-state index contributed by atoms with van der Waals surface area (Å²) in [6.45, 7) is 2.90. The number of benzene rings is 1. The Bertz CT molecular complexity index is 471. The van der Waals surface area contributed by atoms with Gasteiger partial charge < -0.3 is 5.32 Å². The van der Waals surface area contributed by atoms with E-state index in [1.165, 1.54) is 18.9 Å². The highest BCUT2D eigenvalue weighted by Gasteiger charge is 2.35. The number of hydrogen-bond acceptors (Lipinski definition) is 3. The van der Waals surface area contributed by atoms with Crippen molar-refractivity contribution in [3.63, 3.8) is 0 Å². The minimum Gasteiger partial charge on any atom is -0.358 e. The predicted octanol–water partition coefficient (Wildman–Crippen LogP) is 3.36. The molecule has 96 valence electrons. The predicted molar refractivity (Wildman–Crippen MR) is 74.4 cm³/mol. The fourth-order valence-corrected chi connectivity index (χ4v) is 3.57. The molecule has 18 heavy (non-hydrogen) atoms. The van der Waals surface area contributed by atoms with Crippen LogP contribution in [0.15, 0.2) is 29.3 Å². The van der Waals surface area contributed by atoms with Crippen molar-refractivity contribution in [1.29, 1.82) is 0 Å². The molecule has 2 unspecified atom stereocenters. The van der Waals surface area contributed by atoms with E-state index in [9.17, 15) is 4.39 Å². The van der Waals surface area contributed by atoms with Gasteiger partial charge in [-0.2, -0.15) is 0 Å². The molecule has 0 saturated heterocycles. The van der Waals surface area contributed by atoms with E-state index in [-0.39, 0.29) is 11.9 Å². The molecule has 1 aliphatic carbocycles. The van der Waals surface area contributed by atoms with E-state index < -0.39 is 0 Å². The van der Waals surface area contributed by atoms with Gasteiger partial charge in [0.05, 0.1) is 12.6 Å². The number of aliphatic imine (C=N–C) groups is 1. The van der Waals surface area contributed by atoms with Gasteiger partial charge in [0.15, 0.2) is 5.17 Å². The van der Waals surface area contributed by atoms with Gasteiger partial charge in [-0.15, -0.1) is 0 Å². The first-order chi connectivity index (χ1) is 8.74. The molecule has 0 aromatic heterocycles. The Labute approximate surface area is 111 Å². The van der Waals surface area contributed by atoms with Gasteiger partial charge in [0, 0.05) is 10.8 Å². The van der Waals surface area contributed by atoms with Crippen LogP contribution in [0.25, 0.3) is 0 Å². The molecule has 1 fully saturated rings. The topological polar surface area (TPSA) is 24.4 Å². The van der Waals surface area contributed by atoms with E-state index in [0.717, 1.165) is 17.6 Å². The molecule has 1 aromatic carbocycles. The van der Waals surface area contributed by atoms with Crippen LogP contribution in [-0.2, 0) is 0 Å². The second-order valence-electron chi connectivity index (χ2n) is 5.03. The summed E-state index contributed by atoms with van der Waals surface area (Å²) in [4.78, 5) is 4.52. The maximum Gasteiger partial charge on any atom is 0.157 e. The molecule has 0 radical (unpaired) electrons. The minimum atomic E-state index is -0.153. The van der Waals surface area contributed by atoms with Crippen molar-refractivity contribution in [2.45, 2.75) is 31.1 Å². The average Bonchev–Trinajstić information content (AvgIpc) is 3.11. The van der Waals surface area contributed by atoms with Crippen LogP contribution in [0.4, 0.5) is 4.39 Å². The first-order valence-corrected chi connectivity index (χ1v) is 7.34. The number of rotatable bonds is 3. The molecule has 2 aliphatic rings. The summed E-state index contributed by atoms with van der Waals surface area (Å²) in [5.41, 5.74) is 0.704. The summed E-state index contributed by atoms with van der Waals surface area (Å²) in [6.07, 6.45) is 2.70. The summed E-state index contributed by atoms with van der Waals surface area (Å²) >= 11 is 1.83. The Kier molecular flexibility index (Phi) is 3.29. The third-order valence-corrected chi connectivity index (χ3v) is 4.84. The lowest BCUT2D eigenvalue weighted by Crippen LogP contribution is -2.24. The van der Waals surface area contributed by atoms with E-state index in [0.29, 0.717) is 10.8 Å². The van der Waals surface area contributed by atoms with Crippen molar-refractivity contribution in [1.82, 2.24) is 5.32 Å². The van der Waals surface area contributed by atoms with Crippen molar-refractivity contribution in [2.75, 3.05) is 6.54 Å². The van der Waals surface area contributed by atoms with E-state index in [4.69, 9.17) is 0 Å². The van der Waals surface area contributed by atoms with Crippen LogP contribution < -0.4 is 5.32 Å². The Morgan fingerprint density at radius 3 is 2.89 bits per heavy atom. The van der Waals surface area contributed by atoms with Gasteiger partial charge in [0.2, 0.25) is 0 Å². The normalized spacial score (nSPS) is 24.8. The molecule has 0 amide bonds. The van der Waals surface area contributed by atoms with E-state index in [1.54, 1.807) is 6.07 Å². The van der Waals surface area contributed by atoms with Gasteiger partial charge >= 0.3 is 0 Å². The number of hydrogen-bond donors (Lipinski definition) is 1. The maximum absolute atomic E-state index is 13.6. The van der Waals surface area contributed by atoms with E-state index in [1.807, 2.05) is 30.8 Å². The van der Waals surface area contributed by atoms with Crippen LogP contribution in [0.1, 0.15) is 31.4 Å². The van der Waals surface area contributed by atoms with Crippen LogP contribution in [0.3, 0.4) is 0 Å². The number of amidine groups is 1. The Morgan fingerprint density at radius 1 is 1.39 bits per heavy atom. The number of halogens is 1. The van der Waals surface area contributed by atoms with Crippen molar-refractivity contribution in [3.05, 3.63) is 35.6 Å². The summed E-state index contributed by atoms with van der Waals surface area (Å²) in [5, 5.41) is 4.95. The van der Waals surface area contributed by atoms with Gasteiger partial charge in [-0.3, -0.25) is 4.99 Å². The second-order valence-corrected chi connectivity index (χ2v) is 6.26. The van der Waals surface area contributed by atoms with Gasteiger partial charge in [-0.05, 0) is 31.7 Å². The Balaban J connectivity index is 1.61. The number of thioether (sulfide) groups is 1. The zero-order chi connectivity index (χ0) is 12.5. The molecule has 1 aliphatic heterocycles. The van der Waals surface area contributed by atoms with Gasteiger partial charge in [0.25, 0.3) is 0 Å². The fraction of sp³-hybridized carbons (Fsp3) is 0.500. The van der Waals surface area contributed by atoms with Crippen molar-refractivity contribution in [3.8, 4) is 0 Å². The Hall–Kier alpha value is -1.03. The fourth-order valence-electron chi connectivity index (χ4n) is 2.27. The average molecular weight is 264 g/mol. The Morgan fingerprint density at radius 2 is 2.17 bits per heavy atom. The molecule has 2 atom stereocenters. The molecule has 1 N–H and O–H groups in total. The zero-order valence-corrected chi connectivity index (χ0v) is 11.2. The second kappa shape index (κ2) is 4.92. The molecule has 4 heteroatoms. The van der Waals surface area contributed by atoms with Crippen LogP contribution >= 0.6 is 11.8 Å². The van der Waals surface area contributed by atoms with Gasteiger partial charge in [-0.1, -0.05) is 30.0 Å². The zero-order valence-electron chi connectivity index (χ0n) is 10.4. The smallest absolute Gasteiger partial charge is 0.157 e. The molecule has 1 saturated carbocycles. The highest BCUT2D eigenvalue weighted by atomic mass is 32.2. The number of nitrogens with zero attached hydrogens (tertiary/aromatic N) is 1. The van der Waals surface area contributed by atoms with Gasteiger partial charge in [-0.25, -0.2) is 4.39 Å². The summed E-state index contributed by atoms with van der Waals surface area (Å²) in [7, 11) is 0. The number of nitrogens with one attached hydrogen (secondary N) is 1. The van der Waals surface area contributed by atoms with Crippen LogP contribution in [0, 0.1) is 11.7 Å². The highest BCUT2D eigenvalue weighted by Crippen LogP contribution is 2.41. The van der Waals surface area contributed by atoms with Crippen LogP contribution in [0.2, 0.25) is 0 Å². The molecular weight excluding hydrogens is 247 g/mol. The van der Waals surface area contributed by atoms with E-state index in [2.05, 4.69) is 10.3 Å². The van der Waals surface area contributed by atoms with Crippen molar-refractivity contribution >= 4 is 16.9 Å². The van der Waals surface area contributed by atoms with Crippen LogP contribution in [0.5, 0.6) is 0 Å². The first kappa shape index (κ1) is 12.0. The molecule has 2 nitrogen and oxygen atoms in total. The summed E-state index contributed by atoms with van der Waals surface area (Å²) in [5.74, 6) is 0.710. The third-order valence-electron chi connectivity index (χ3n) is 3.54. The SMILES string of the molecule is CC(NC1=NCC(C2CC2)S1)c1ccccc1F. The van der Waals surface area contributed by atoms with Gasteiger partial charge in [0.1, 0.15) is 5.82 Å². The summed E-state index contributed by atoms with van der Waals surface area (Å²) < 4.78 is 13.6. The first-order valence-electron chi connectivity index (χ1n) is 6.46. The summed E-state index contributed by atoms with van der Waals surface area (Å²) in [6, 6.07) is 6.88.